The molecule has 0 bridgehead atoms. The maximum atomic E-state index is 6.13. The molecule has 0 aliphatic rings. The summed E-state index contributed by atoms with van der Waals surface area (Å²) in [5, 5.41) is 0. The van der Waals surface area contributed by atoms with E-state index in [0.717, 1.165) is 24.2 Å². The lowest BCUT2D eigenvalue weighted by Gasteiger charge is -2.10. The van der Waals surface area contributed by atoms with Crippen molar-refractivity contribution in [3.05, 3.63) is 59.5 Å². The van der Waals surface area contributed by atoms with Gasteiger partial charge in [-0.2, -0.15) is 0 Å². The molecule has 2 rings (SSSR count). The minimum Gasteiger partial charge on any atom is -0.467 e. The van der Waals surface area contributed by atoms with Gasteiger partial charge in [0.25, 0.3) is 0 Å². The largest absolute Gasteiger partial charge is 0.467 e. The third-order valence-electron chi connectivity index (χ3n) is 2.70. The Morgan fingerprint density at radius 3 is 2.81 bits per heavy atom. The minimum absolute atomic E-state index is 0.160. The molecule has 2 N–H and O–H groups in total. The number of aryl methyl sites for hydroxylation is 1. The fourth-order valence-corrected chi connectivity index (χ4v) is 1.86. The van der Waals surface area contributed by atoms with Crippen molar-refractivity contribution in [2.45, 2.75) is 25.8 Å². The molecular weight excluding hydrogens is 198 g/mol. The summed E-state index contributed by atoms with van der Waals surface area (Å²) in [7, 11) is 0. The SMILES string of the molecule is CCCc1cccc(C(N)c2ccco2)c1. The first-order valence-corrected chi connectivity index (χ1v) is 5.69. The van der Waals surface area contributed by atoms with Crippen LogP contribution in [0.1, 0.15) is 36.3 Å². The Kier molecular flexibility index (Phi) is 3.42. The van der Waals surface area contributed by atoms with Gasteiger partial charge >= 0.3 is 0 Å². The van der Waals surface area contributed by atoms with E-state index in [1.165, 1.54) is 5.56 Å². The standard InChI is InChI=1S/C14H17NO/c1-2-5-11-6-3-7-12(10-11)14(15)13-8-4-9-16-13/h3-4,6-10,14H,2,5,15H2,1H3. The third kappa shape index (κ3) is 2.34. The van der Waals surface area contributed by atoms with Gasteiger partial charge in [-0.25, -0.2) is 0 Å². The predicted molar refractivity (Wildman–Crippen MR) is 65.2 cm³/mol. The van der Waals surface area contributed by atoms with E-state index in [1.54, 1.807) is 6.26 Å². The topological polar surface area (TPSA) is 39.2 Å². The van der Waals surface area contributed by atoms with Gasteiger partial charge in [-0.3, -0.25) is 0 Å². The number of nitrogens with two attached hydrogens (primary N) is 1. The Morgan fingerprint density at radius 1 is 1.25 bits per heavy atom. The van der Waals surface area contributed by atoms with E-state index in [2.05, 4.69) is 25.1 Å². The normalized spacial score (nSPS) is 12.6. The van der Waals surface area contributed by atoms with Crippen LogP contribution in [0.2, 0.25) is 0 Å². The van der Waals surface area contributed by atoms with Gasteiger partial charge < -0.3 is 10.2 Å². The molecule has 1 heterocycles. The van der Waals surface area contributed by atoms with Crippen molar-refractivity contribution in [3.8, 4) is 0 Å². The summed E-state index contributed by atoms with van der Waals surface area (Å²) in [6, 6.07) is 12.0. The number of hydrogen-bond acceptors (Lipinski definition) is 2. The molecule has 0 saturated heterocycles. The molecule has 0 radical (unpaired) electrons. The Hall–Kier alpha value is -1.54. The van der Waals surface area contributed by atoms with E-state index in [4.69, 9.17) is 10.2 Å². The van der Waals surface area contributed by atoms with Crippen LogP contribution >= 0.6 is 0 Å². The second-order valence-electron chi connectivity index (χ2n) is 3.99. The molecule has 1 aromatic carbocycles. The summed E-state index contributed by atoms with van der Waals surface area (Å²) < 4.78 is 5.32. The van der Waals surface area contributed by atoms with Gasteiger partial charge in [0.05, 0.1) is 12.3 Å². The first kappa shape index (κ1) is 11.0. The van der Waals surface area contributed by atoms with Gasteiger partial charge in [0, 0.05) is 0 Å². The van der Waals surface area contributed by atoms with Gasteiger partial charge in [0.2, 0.25) is 0 Å². The lowest BCUT2D eigenvalue weighted by atomic mass is 10.0. The van der Waals surface area contributed by atoms with Crippen molar-refractivity contribution < 1.29 is 4.42 Å². The van der Waals surface area contributed by atoms with E-state index in [1.807, 2.05) is 18.2 Å². The molecule has 84 valence electrons. The van der Waals surface area contributed by atoms with Gasteiger partial charge in [-0.1, -0.05) is 37.6 Å². The molecule has 1 unspecified atom stereocenters. The van der Waals surface area contributed by atoms with E-state index in [-0.39, 0.29) is 6.04 Å². The molecule has 2 heteroatoms. The lowest BCUT2D eigenvalue weighted by molar-refractivity contribution is 0.489. The molecule has 1 atom stereocenters. The molecule has 2 nitrogen and oxygen atoms in total. The molecule has 0 fully saturated rings. The molecule has 16 heavy (non-hydrogen) atoms. The van der Waals surface area contributed by atoms with Gasteiger partial charge in [0.15, 0.2) is 0 Å². The molecular formula is C14H17NO. The zero-order chi connectivity index (χ0) is 11.4. The fourth-order valence-electron chi connectivity index (χ4n) is 1.86. The molecule has 0 aliphatic heterocycles. The van der Waals surface area contributed by atoms with E-state index in [0.29, 0.717) is 0 Å². The molecule has 2 aromatic rings. The highest BCUT2D eigenvalue weighted by Crippen LogP contribution is 2.21. The average Bonchev–Trinajstić information content (AvgIpc) is 2.82. The monoisotopic (exact) mass is 215 g/mol. The van der Waals surface area contributed by atoms with Gasteiger partial charge in [-0.05, 0) is 29.7 Å². The Bertz CT molecular complexity index is 434. The van der Waals surface area contributed by atoms with Crippen molar-refractivity contribution in [3.63, 3.8) is 0 Å². The fraction of sp³-hybridized carbons (Fsp3) is 0.286. The second kappa shape index (κ2) is 4.99. The van der Waals surface area contributed by atoms with Crippen LogP contribution in [0.15, 0.2) is 47.1 Å². The first-order valence-electron chi connectivity index (χ1n) is 5.69. The quantitative estimate of drug-likeness (QED) is 0.850. The third-order valence-corrected chi connectivity index (χ3v) is 2.70. The lowest BCUT2D eigenvalue weighted by Crippen LogP contribution is -2.11. The number of rotatable bonds is 4. The van der Waals surface area contributed by atoms with Crippen molar-refractivity contribution in [2.75, 3.05) is 0 Å². The second-order valence-corrected chi connectivity index (χ2v) is 3.99. The maximum Gasteiger partial charge on any atom is 0.124 e. The van der Waals surface area contributed by atoms with Crippen LogP contribution in [-0.2, 0) is 6.42 Å². The predicted octanol–water partition coefficient (Wildman–Crippen LogP) is 3.28. The highest BCUT2D eigenvalue weighted by atomic mass is 16.3. The van der Waals surface area contributed by atoms with Crippen LogP contribution in [0.5, 0.6) is 0 Å². The van der Waals surface area contributed by atoms with Crippen molar-refractivity contribution in [1.29, 1.82) is 0 Å². The van der Waals surface area contributed by atoms with Crippen LogP contribution in [0.3, 0.4) is 0 Å². The zero-order valence-electron chi connectivity index (χ0n) is 9.52. The van der Waals surface area contributed by atoms with Crippen molar-refractivity contribution >= 4 is 0 Å². The summed E-state index contributed by atoms with van der Waals surface area (Å²) in [4.78, 5) is 0. The van der Waals surface area contributed by atoms with Gasteiger partial charge in [0.1, 0.15) is 5.76 Å². The van der Waals surface area contributed by atoms with Crippen LogP contribution in [0, 0.1) is 0 Å². The van der Waals surface area contributed by atoms with Crippen LogP contribution in [0.4, 0.5) is 0 Å². The van der Waals surface area contributed by atoms with Crippen LogP contribution in [-0.4, -0.2) is 0 Å². The summed E-state index contributed by atoms with van der Waals surface area (Å²) in [5.74, 6) is 0.814. The van der Waals surface area contributed by atoms with E-state index >= 15 is 0 Å². The highest BCUT2D eigenvalue weighted by Gasteiger charge is 2.11. The number of furan rings is 1. The van der Waals surface area contributed by atoms with E-state index < -0.39 is 0 Å². The average molecular weight is 215 g/mol. The smallest absolute Gasteiger partial charge is 0.124 e. The molecule has 0 saturated carbocycles. The summed E-state index contributed by atoms with van der Waals surface area (Å²) in [5.41, 5.74) is 8.58. The molecule has 0 aliphatic carbocycles. The van der Waals surface area contributed by atoms with Crippen molar-refractivity contribution in [2.24, 2.45) is 5.73 Å². The number of hydrogen-bond donors (Lipinski definition) is 1. The highest BCUT2D eigenvalue weighted by molar-refractivity contribution is 5.30. The van der Waals surface area contributed by atoms with Gasteiger partial charge in [-0.15, -0.1) is 0 Å². The molecule has 0 amide bonds. The summed E-state index contributed by atoms with van der Waals surface area (Å²) in [6.07, 6.45) is 3.91. The van der Waals surface area contributed by atoms with Crippen LogP contribution in [0.25, 0.3) is 0 Å². The van der Waals surface area contributed by atoms with E-state index in [9.17, 15) is 0 Å². The Labute approximate surface area is 96.1 Å². The Morgan fingerprint density at radius 2 is 2.12 bits per heavy atom. The van der Waals surface area contributed by atoms with Crippen molar-refractivity contribution in [1.82, 2.24) is 0 Å². The molecule has 1 aromatic heterocycles. The summed E-state index contributed by atoms with van der Waals surface area (Å²) >= 11 is 0. The summed E-state index contributed by atoms with van der Waals surface area (Å²) in [6.45, 7) is 2.18. The molecule has 0 spiro atoms. The minimum atomic E-state index is -0.160. The van der Waals surface area contributed by atoms with Crippen LogP contribution < -0.4 is 5.73 Å². The zero-order valence-corrected chi connectivity index (χ0v) is 9.52. The Balaban J connectivity index is 2.23. The number of benzene rings is 1. The maximum absolute atomic E-state index is 6.13. The first-order chi connectivity index (χ1) is 7.81.